The fraction of sp³-hybridized carbons (Fsp3) is 0.333. The van der Waals surface area contributed by atoms with E-state index >= 15 is 0 Å². The van der Waals surface area contributed by atoms with Crippen LogP contribution in [-0.4, -0.2) is 17.6 Å². The summed E-state index contributed by atoms with van der Waals surface area (Å²) in [7, 11) is 0. The van der Waals surface area contributed by atoms with Gasteiger partial charge in [-0.1, -0.05) is 11.6 Å². The summed E-state index contributed by atoms with van der Waals surface area (Å²) in [6.07, 6.45) is 1.04. The van der Waals surface area contributed by atoms with Gasteiger partial charge in [0.25, 0.3) is 0 Å². The van der Waals surface area contributed by atoms with Gasteiger partial charge in [0.15, 0.2) is 0 Å². The largest absolute Gasteiger partial charge is 0.466 e. The van der Waals surface area contributed by atoms with Crippen molar-refractivity contribution < 1.29 is 13.9 Å². The summed E-state index contributed by atoms with van der Waals surface area (Å²) in [4.78, 5) is 14.4. The zero-order valence-corrected chi connectivity index (χ0v) is 8.34. The lowest BCUT2D eigenvalue weighted by Gasteiger charge is -2.02. The lowest BCUT2D eigenvalue weighted by Crippen LogP contribution is -2.09. The first-order valence-electron chi connectivity index (χ1n) is 4.09. The Morgan fingerprint density at radius 3 is 3.07 bits per heavy atom. The average molecular weight is 218 g/mol. The number of hydrogen-bond donors (Lipinski definition) is 0. The van der Waals surface area contributed by atoms with Crippen molar-refractivity contribution in [3.05, 3.63) is 28.8 Å². The van der Waals surface area contributed by atoms with Crippen LogP contribution in [0.25, 0.3) is 0 Å². The lowest BCUT2D eigenvalue weighted by molar-refractivity contribution is -0.142. The Kier molecular flexibility index (Phi) is 3.83. The van der Waals surface area contributed by atoms with E-state index in [9.17, 15) is 9.18 Å². The number of ether oxygens (including phenoxy) is 1. The van der Waals surface area contributed by atoms with Gasteiger partial charge < -0.3 is 4.74 Å². The third-order valence-electron chi connectivity index (χ3n) is 1.52. The maximum atomic E-state index is 13.0. The minimum absolute atomic E-state index is 0.146. The van der Waals surface area contributed by atoms with E-state index in [1.54, 1.807) is 6.92 Å². The van der Waals surface area contributed by atoms with Crippen molar-refractivity contribution in [1.29, 1.82) is 0 Å². The maximum absolute atomic E-state index is 13.0. The minimum Gasteiger partial charge on any atom is -0.466 e. The summed E-state index contributed by atoms with van der Waals surface area (Å²) in [6.45, 7) is 1.96. The third kappa shape index (κ3) is 2.96. The van der Waals surface area contributed by atoms with Crippen LogP contribution in [0.4, 0.5) is 4.39 Å². The highest BCUT2D eigenvalue weighted by atomic mass is 35.5. The number of hydrogen-bond acceptors (Lipinski definition) is 3. The summed E-state index contributed by atoms with van der Waals surface area (Å²) < 4.78 is 17.7. The van der Waals surface area contributed by atoms with Crippen molar-refractivity contribution in [2.75, 3.05) is 6.61 Å². The van der Waals surface area contributed by atoms with Gasteiger partial charge in [-0.05, 0) is 13.0 Å². The Morgan fingerprint density at radius 2 is 2.43 bits per heavy atom. The van der Waals surface area contributed by atoms with Crippen LogP contribution < -0.4 is 0 Å². The lowest BCUT2D eigenvalue weighted by atomic mass is 10.2. The van der Waals surface area contributed by atoms with Crippen LogP contribution in [-0.2, 0) is 16.0 Å². The Balaban J connectivity index is 2.75. The molecule has 0 aromatic carbocycles. The average Bonchev–Trinajstić information content (AvgIpc) is 2.12. The number of halogens is 2. The molecule has 0 radical (unpaired) electrons. The number of carbonyl (C=O) groups is 1. The van der Waals surface area contributed by atoms with E-state index in [0.717, 1.165) is 0 Å². The van der Waals surface area contributed by atoms with Crippen LogP contribution in [0.5, 0.6) is 0 Å². The van der Waals surface area contributed by atoms with E-state index in [1.165, 1.54) is 12.3 Å². The zero-order valence-electron chi connectivity index (χ0n) is 7.59. The van der Waals surface area contributed by atoms with Gasteiger partial charge in [-0.3, -0.25) is 4.79 Å². The van der Waals surface area contributed by atoms with Crippen molar-refractivity contribution in [2.45, 2.75) is 13.3 Å². The van der Waals surface area contributed by atoms with Gasteiger partial charge in [0, 0.05) is 11.8 Å². The van der Waals surface area contributed by atoms with E-state index in [4.69, 9.17) is 11.6 Å². The highest BCUT2D eigenvalue weighted by Gasteiger charge is 2.10. The summed E-state index contributed by atoms with van der Waals surface area (Å²) >= 11 is 5.60. The number of esters is 1. The predicted molar refractivity (Wildman–Crippen MR) is 49.5 cm³/mol. The van der Waals surface area contributed by atoms with Crippen molar-refractivity contribution >= 4 is 17.6 Å². The molecule has 76 valence electrons. The fourth-order valence-corrected chi connectivity index (χ4v) is 1.14. The topological polar surface area (TPSA) is 39.2 Å². The third-order valence-corrected chi connectivity index (χ3v) is 1.73. The second kappa shape index (κ2) is 4.91. The molecule has 1 heterocycles. The normalized spacial score (nSPS) is 9.93. The molecule has 1 aromatic heterocycles. The molecule has 0 amide bonds. The van der Waals surface area contributed by atoms with Gasteiger partial charge in [-0.25, -0.2) is 4.98 Å². The minimum atomic E-state index is -0.692. The molecule has 0 aliphatic carbocycles. The van der Waals surface area contributed by atoms with Gasteiger partial charge in [0.2, 0.25) is 5.95 Å². The molecule has 0 saturated carbocycles. The molecule has 1 aromatic rings. The predicted octanol–water partition coefficient (Wildman–Crippen LogP) is 1.98. The second-order valence-corrected chi connectivity index (χ2v) is 3.02. The van der Waals surface area contributed by atoms with Crippen LogP contribution in [0.2, 0.25) is 5.02 Å². The number of rotatable bonds is 3. The summed E-state index contributed by atoms with van der Waals surface area (Å²) in [6, 6.07) is 1.36. The van der Waals surface area contributed by atoms with Crippen LogP contribution in [0, 0.1) is 5.95 Å². The van der Waals surface area contributed by atoms with Crippen LogP contribution in [0.15, 0.2) is 12.3 Å². The molecule has 5 heteroatoms. The van der Waals surface area contributed by atoms with Gasteiger partial charge in [0.05, 0.1) is 18.1 Å². The molecule has 1 rings (SSSR count). The molecule has 0 bridgehead atoms. The second-order valence-electron chi connectivity index (χ2n) is 2.59. The Hall–Kier alpha value is -1.16. The summed E-state index contributed by atoms with van der Waals surface area (Å²) in [5.41, 5.74) is 0.149. The monoisotopic (exact) mass is 217 g/mol. The molecule has 0 unspecified atom stereocenters. The summed E-state index contributed by atoms with van der Waals surface area (Å²) in [5.74, 6) is -1.18. The van der Waals surface area contributed by atoms with Crippen LogP contribution >= 0.6 is 11.6 Å². The quantitative estimate of drug-likeness (QED) is 0.574. The first-order valence-corrected chi connectivity index (χ1v) is 4.46. The van der Waals surface area contributed by atoms with Crippen molar-refractivity contribution in [3.63, 3.8) is 0 Å². The maximum Gasteiger partial charge on any atom is 0.310 e. The molecule has 0 saturated heterocycles. The first-order chi connectivity index (χ1) is 6.63. The smallest absolute Gasteiger partial charge is 0.310 e. The van der Waals surface area contributed by atoms with E-state index in [0.29, 0.717) is 5.02 Å². The highest BCUT2D eigenvalue weighted by Crippen LogP contribution is 2.12. The van der Waals surface area contributed by atoms with Gasteiger partial charge in [-0.15, -0.1) is 0 Å². The number of aromatic nitrogens is 1. The number of carbonyl (C=O) groups excluding carboxylic acids is 1. The van der Waals surface area contributed by atoms with Crippen molar-refractivity contribution in [1.82, 2.24) is 4.98 Å². The van der Waals surface area contributed by atoms with Crippen molar-refractivity contribution in [3.8, 4) is 0 Å². The molecule has 0 fully saturated rings. The van der Waals surface area contributed by atoms with E-state index < -0.39 is 11.9 Å². The van der Waals surface area contributed by atoms with Crippen LogP contribution in [0.3, 0.4) is 0 Å². The molecular formula is C9H9ClFNO2. The molecule has 0 aliphatic rings. The van der Waals surface area contributed by atoms with E-state index in [2.05, 4.69) is 9.72 Å². The zero-order chi connectivity index (χ0) is 10.6. The molecule has 0 N–H and O–H groups in total. The Labute approximate surface area is 85.9 Å². The standard InChI is InChI=1S/C9H9ClFNO2/c1-2-14-8(13)4-6-3-7(10)5-12-9(6)11/h3,5H,2,4H2,1H3. The Morgan fingerprint density at radius 1 is 1.71 bits per heavy atom. The SMILES string of the molecule is CCOC(=O)Cc1cc(Cl)cnc1F. The van der Waals surface area contributed by atoms with Crippen LogP contribution in [0.1, 0.15) is 12.5 Å². The van der Waals surface area contributed by atoms with Crippen molar-refractivity contribution in [2.24, 2.45) is 0 Å². The molecule has 0 spiro atoms. The fourth-order valence-electron chi connectivity index (χ4n) is 0.956. The Bertz CT molecular complexity index is 344. The molecule has 0 aliphatic heterocycles. The highest BCUT2D eigenvalue weighted by molar-refractivity contribution is 6.30. The van der Waals surface area contributed by atoms with Gasteiger partial charge >= 0.3 is 5.97 Å². The number of pyridine rings is 1. The van der Waals surface area contributed by atoms with E-state index in [1.807, 2.05) is 0 Å². The number of nitrogens with zero attached hydrogens (tertiary/aromatic N) is 1. The molecular weight excluding hydrogens is 209 g/mol. The van der Waals surface area contributed by atoms with E-state index in [-0.39, 0.29) is 18.6 Å². The molecule has 3 nitrogen and oxygen atoms in total. The summed E-state index contributed by atoms with van der Waals surface area (Å²) in [5, 5.41) is 0.297. The molecule has 14 heavy (non-hydrogen) atoms. The molecule has 0 atom stereocenters. The van der Waals surface area contributed by atoms with Gasteiger partial charge in [0.1, 0.15) is 0 Å². The van der Waals surface area contributed by atoms with Gasteiger partial charge in [-0.2, -0.15) is 4.39 Å². The first kappa shape index (κ1) is 10.9.